The molecule has 0 saturated heterocycles. The maximum atomic E-state index is 12.4. The molecule has 0 atom stereocenters. The van der Waals surface area contributed by atoms with Gasteiger partial charge in [0.05, 0.1) is 17.6 Å². The molecule has 2 amide bonds. The van der Waals surface area contributed by atoms with Crippen LogP contribution in [0.3, 0.4) is 0 Å². The molecule has 0 aliphatic heterocycles. The summed E-state index contributed by atoms with van der Waals surface area (Å²) in [6, 6.07) is 8.78. The minimum absolute atomic E-state index is 0.296. The summed E-state index contributed by atoms with van der Waals surface area (Å²) in [5.41, 5.74) is 8.51. The number of nitrogens with two attached hydrogens (primary N) is 1. The first-order valence-electron chi connectivity index (χ1n) is 9.92. The third-order valence-electron chi connectivity index (χ3n) is 4.35. The van der Waals surface area contributed by atoms with Gasteiger partial charge in [0.1, 0.15) is 22.8 Å². The largest absolute Gasteiger partial charge is 0.397 e. The van der Waals surface area contributed by atoms with Crippen LogP contribution in [0.25, 0.3) is 0 Å². The van der Waals surface area contributed by atoms with E-state index in [-0.39, 0.29) is 11.8 Å². The van der Waals surface area contributed by atoms with Crippen LogP contribution in [0.2, 0.25) is 0 Å². The van der Waals surface area contributed by atoms with Crippen molar-refractivity contribution in [1.82, 2.24) is 20.4 Å². The van der Waals surface area contributed by atoms with E-state index in [2.05, 4.69) is 30.9 Å². The van der Waals surface area contributed by atoms with Gasteiger partial charge in [-0.2, -0.15) is 0 Å². The Balaban J connectivity index is 1.48. The summed E-state index contributed by atoms with van der Waals surface area (Å²) in [5.74, 6) is 0.506. The van der Waals surface area contributed by atoms with Crippen molar-refractivity contribution in [2.75, 3.05) is 28.2 Å². The Labute approximate surface area is 188 Å². The predicted octanol–water partition coefficient (Wildman–Crippen LogP) is 2.99. The van der Waals surface area contributed by atoms with E-state index in [1.807, 2.05) is 0 Å². The van der Waals surface area contributed by atoms with Gasteiger partial charge in [0, 0.05) is 19.0 Å². The molecule has 2 heterocycles. The standard InChI is InChI=1S/C20H24N8O3S/c21-13-6-3-4-7-14(13)26-19(30)15-11-23-20(32-15)27-17-10-16(24-12-25-17)22-9-5-1-2-8-18(29)28-31/h3-4,6-7,10-12,31H,1-2,5,8-9,21H2,(H,26,30)(H,28,29)(H2,22,23,24,25,27). The van der Waals surface area contributed by atoms with Crippen LogP contribution < -0.4 is 27.2 Å². The average Bonchev–Trinajstić information content (AvgIpc) is 3.26. The second-order valence-corrected chi connectivity index (χ2v) is 7.79. The number of unbranched alkanes of at least 4 members (excludes halogenated alkanes) is 2. The van der Waals surface area contributed by atoms with Crippen LogP contribution in [-0.4, -0.2) is 38.5 Å². The molecule has 32 heavy (non-hydrogen) atoms. The number of rotatable bonds is 11. The highest BCUT2D eigenvalue weighted by Crippen LogP contribution is 2.24. The molecule has 11 nitrogen and oxygen atoms in total. The second-order valence-electron chi connectivity index (χ2n) is 6.76. The van der Waals surface area contributed by atoms with Crippen LogP contribution in [-0.2, 0) is 4.79 Å². The van der Waals surface area contributed by atoms with E-state index in [0.29, 0.717) is 52.4 Å². The predicted molar refractivity (Wildman–Crippen MR) is 123 cm³/mol. The molecule has 2 aromatic heterocycles. The van der Waals surface area contributed by atoms with Crippen molar-refractivity contribution >= 4 is 51.3 Å². The molecule has 7 N–H and O–H groups in total. The maximum absolute atomic E-state index is 12.4. The molecule has 0 bridgehead atoms. The highest BCUT2D eigenvalue weighted by molar-refractivity contribution is 7.17. The van der Waals surface area contributed by atoms with Gasteiger partial charge in [-0.1, -0.05) is 29.9 Å². The van der Waals surface area contributed by atoms with Gasteiger partial charge in [0.15, 0.2) is 5.13 Å². The minimum atomic E-state index is -0.378. The molecule has 0 aliphatic rings. The van der Waals surface area contributed by atoms with Crippen molar-refractivity contribution in [2.24, 2.45) is 0 Å². The van der Waals surface area contributed by atoms with Crippen LogP contribution in [0, 0.1) is 0 Å². The number of nitrogens with zero attached hydrogens (tertiary/aromatic N) is 3. The lowest BCUT2D eigenvalue weighted by molar-refractivity contribution is -0.129. The number of nitrogen functional groups attached to an aromatic ring is 1. The van der Waals surface area contributed by atoms with E-state index in [0.717, 1.165) is 12.8 Å². The van der Waals surface area contributed by atoms with Crippen molar-refractivity contribution in [3.63, 3.8) is 0 Å². The molecule has 168 valence electrons. The normalized spacial score (nSPS) is 10.4. The SMILES string of the molecule is Nc1ccccc1NC(=O)c1cnc(Nc2cc(NCCCCCC(=O)NO)ncn2)s1. The van der Waals surface area contributed by atoms with Crippen molar-refractivity contribution < 1.29 is 14.8 Å². The number of benzene rings is 1. The van der Waals surface area contributed by atoms with E-state index in [9.17, 15) is 9.59 Å². The molecule has 1 aromatic carbocycles. The fourth-order valence-corrected chi connectivity index (χ4v) is 3.44. The third-order valence-corrected chi connectivity index (χ3v) is 5.26. The summed E-state index contributed by atoms with van der Waals surface area (Å²) in [4.78, 5) is 36.4. The molecule has 0 aliphatic carbocycles. The number of carbonyl (C=O) groups excluding carboxylic acids is 2. The number of hydroxylamine groups is 1. The van der Waals surface area contributed by atoms with Gasteiger partial charge in [-0.15, -0.1) is 0 Å². The van der Waals surface area contributed by atoms with Gasteiger partial charge in [-0.3, -0.25) is 14.8 Å². The number of anilines is 5. The molecule has 0 radical (unpaired) electrons. The number of aromatic nitrogens is 3. The number of carbonyl (C=O) groups is 2. The second kappa shape index (κ2) is 11.6. The Morgan fingerprint density at radius 2 is 1.88 bits per heavy atom. The first-order valence-corrected chi connectivity index (χ1v) is 10.7. The molecule has 3 aromatic rings. The summed E-state index contributed by atoms with van der Waals surface area (Å²) < 4.78 is 0. The maximum Gasteiger partial charge on any atom is 0.267 e. The summed E-state index contributed by atoms with van der Waals surface area (Å²) in [5, 5.41) is 18.0. The topological polar surface area (TPSA) is 167 Å². The van der Waals surface area contributed by atoms with Crippen LogP contribution in [0.4, 0.5) is 28.1 Å². The molecular formula is C20H24N8O3S. The summed E-state index contributed by atoms with van der Waals surface area (Å²) in [6.07, 6.45) is 5.60. The van der Waals surface area contributed by atoms with Crippen molar-refractivity contribution in [3.8, 4) is 0 Å². The first kappa shape index (κ1) is 22.9. The van der Waals surface area contributed by atoms with Crippen molar-refractivity contribution in [3.05, 3.63) is 47.7 Å². The number of para-hydroxylation sites is 2. The van der Waals surface area contributed by atoms with Crippen LogP contribution in [0.15, 0.2) is 42.9 Å². The summed E-state index contributed by atoms with van der Waals surface area (Å²) in [7, 11) is 0. The third kappa shape index (κ3) is 6.89. The number of amides is 2. The van der Waals surface area contributed by atoms with E-state index in [1.54, 1.807) is 35.8 Å². The molecule has 12 heteroatoms. The van der Waals surface area contributed by atoms with E-state index in [4.69, 9.17) is 10.9 Å². The van der Waals surface area contributed by atoms with E-state index < -0.39 is 0 Å². The Morgan fingerprint density at radius 3 is 2.69 bits per heavy atom. The Kier molecular flexibility index (Phi) is 8.29. The number of thiazole rings is 1. The van der Waals surface area contributed by atoms with Crippen molar-refractivity contribution in [1.29, 1.82) is 0 Å². The van der Waals surface area contributed by atoms with Crippen LogP contribution >= 0.6 is 11.3 Å². The highest BCUT2D eigenvalue weighted by Gasteiger charge is 2.12. The van der Waals surface area contributed by atoms with Crippen LogP contribution in [0.5, 0.6) is 0 Å². The lowest BCUT2D eigenvalue weighted by Crippen LogP contribution is -2.17. The Morgan fingerprint density at radius 1 is 1.06 bits per heavy atom. The zero-order valence-electron chi connectivity index (χ0n) is 17.2. The van der Waals surface area contributed by atoms with Gasteiger partial charge in [-0.05, 0) is 25.0 Å². The van der Waals surface area contributed by atoms with Gasteiger partial charge in [-0.25, -0.2) is 20.4 Å². The molecule has 0 saturated carbocycles. The Hall–Kier alpha value is -3.77. The number of hydrogen-bond donors (Lipinski definition) is 6. The lowest BCUT2D eigenvalue weighted by atomic mass is 10.2. The summed E-state index contributed by atoms with van der Waals surface area (Å²) in [6.45, 7) is 0.682. The van der Waals surface area contributed by atoms with Gasteiger partial charge in [0.25, 0.3) is 5.91 Å². The van der Waals surface area contributed by atoms with E-state index >= 15 is 0 Å². The molecule has 0 unspecified atom stereocenters. The van der Waals surface area contributed by atoms with Crippen molar-refractivity contribution in [2.45, 2.75) is 25.7 Å². The quantitative estimate of drug-likeness (QED) is 0.110. The lowest BCUT2D eigenvalue weighted by Gasteiger charge is -2.07. The zero-order valence-corrected chi connectivity index (χ0v) is 18.0. The fourth-order valence-electron chi connectivity index (χ4n) is 2.72. The fraction of sp³-hybridized carbons (Fsp3) is 0.250. The average molecular weight is 457 g/mol. The molecule has 0 spiro atoms. The minimum Gasteiger partial charge on any atom is -0.397 e. The van der Waals surface area contributed by atoms with Gasteiger partial charge >= 0.3 is 0 Å². The smallest absolute Gasteiger partial charge is 0.267 e. The molecule has 3 rings (SSSR count). The first-order chi connectivity index (χ1) is 15.5. The zero-order chi connectivity index (χ0) is 22.8. The number of nitrogens with one attached hydrogen (secondary N) is 4. The summed E-state index contributed by atoms with van der Waals surface area (Å²) >= 11 is 1.19. The Bertz CT molecular complexity index is 1060. The highest BCUT2D eigenvalue weighted by atomic mass is 32.1. The number of hydrogen-bond acceptors (Lipinski definition) is 10. The molecular weight excluding hydrogens is 432 g/mol. The van der Waals surface area contributed by atoms with Gasteiger partial charge in [0.2, 0.25) is 5.91 Å². The van der Waals surface area contributed by atoms with Gasteiger partial charge < -0.3 is 21.7 Å². The molecule has 0 fully saturated rings. The van der Waals surface area contributed by atoms with E-state index in [1.165, 1.54) is 23.9 Å². The van der Waals surface area contributed by atoms with Crippen LogP contribution in [0.1, 0.15) is 35.4 Å². The monoisotopic (exact) mass is 456 g/mol.